The van der Waals surface area contributed by atoms with Crippen molar-refractivity contribution in [1.29, 1.82) is 0 Å². The first-order chi connectivity index (χ1) is 19.6. The Morgan fingerprint density at radius 1 is 0.825 bits per heavy atom. The molecule has 0 amide bonds. The molecule has 232 valence electrons. The quantitative estimate of drug-likeness (QED) is 0.0583. The van der Waals surface area contributed by atoms with Crippen LogP contribution in [0.25, 0.3) is 0 Å². The third-order valence-corrected chi connectivity index (χ3v) is 7.71. The molecule has 0 fully saturated rings. The van der Waals surface area contributed by atoms with E-state index < -0.39 is 20.7 Å². The zero-order chi connectivity index (χ0) is 29.1. The molecule has 0 aliphatic carbocycles. The van der Waals surface area contributed by atoms with Crippen LogP contribution in [0.1, 0.15) is 122 Å². The van der Waals surface area contributed by atoms with E-state index >= 15 is 0 Å². The maximum absolute atomic E-state index is 11.6. The van der Waals surface area contributed by atoms with Gasteiger partial charge >= 0.3 is 14.6 Å². The lowest BCUT2D eigenvalue weighted by molar-refractivity contribution is -0.147. The monoisotopic (exact) mass is 583 g/mol. The predicted octanol–water partition coefficient (Wildman–Crippen LogP) is 8.27. The molecule has 0 aliphatic heterocycles. The number of unbranched alkanes of at least 4 members (excludes halogenated alkanes) is 15. The molecule has 1 aromatic rings. The van der Waals surface area contributed by atoms with Crippen LogP contribution in [-0.4, -0.2) is 50.4 Å². The summed E-state index contributed by atoms with van der Waals surface area (Å²) in [5.74, 6) is 0.413. The molecule has 2 N–H and O–H groups in total. The fraction of sp³-hybridized carbons (Fsp3) is 0.781. The number of nitrogens with one attached hydrogen (secondary N) is 1. The minimum absolute atomic E-state index is 0.0504. The lowest BCUT2D eigenvalue weighted by Gasteiger charge is -2.20. The Balaban J connectivity index is 2.18. The van der Waals surface area contributed by atoms with Gasteiger partial charge < -0.3 is 28.7 Å². The number of esters is 1. The molecular formula is C32H58NO6P. The molecule has 1 aromatic carbocycles. The summed E-state index contributed by atoms with van der Waals surface area (Å²) in [5.41, 5.74) is 0.951. The van der Waals surface area contributed by atoms with E-state index in [9.17, 15) is 9.69 Å². The molecule has 0 saturated heterocycles. The van der Waals surface area contributed by atoms with Crippen molar-refractivity contribution in [2.75, 3.05) is 33.4 Å². The van der Waals surface area contributed by atoms with E-state index in [0.717, 1.165) is 17.7 Å². The minimum Gasteiger partial charge on any atom is -0.493 e. The summed E-state index contributed by atoms with van der Waals surface area (Å²) in [4.78, 5) is 21.5. The molecule has 1 rings (SSSR count). The smallest absolute Gasteiger partial charge is 0.330 e. The standard InChI is InChI=1S/C32H58NO6P/c1-4-5-6-7-8-9-10-11-12-13-14-15-16-17-18-21-25-36-32-23-20-19-22-30(32)27-31(39-29(2)34)28-38-40(35)37-26-24-33-3/h19-20,22-23,31,33,35H,4-18,21,24-28H2,1-3H3. The van der Waals surface area contributed by atoms with Crippen molar-refractivity contribution in [3.05, 3.63) is 29.8 Å². The van der Waals surface area contributed by atoms with Gasteiger partial charge in [-0.1, -0.05) is 121 Å². The summed E-state index contributed by atoms with van der Waals surface area (Å²) in [6, 6.07) is 7.83. The SMILES string of the molecule is CCCCCCCCCCCCCCCCCCOc1ccccc1CC(COP(O)OCCNC)OC(C)=O. The van der Waals surface area contributed by atoms with Crippen LogP contribution in [0.4, 0.5) is 0 Å². The van der Waals surface area contributed by atoms with Crippen molar-refractivity contribution >= 4 is 14.6 Å². The Morgan fingerprint density at radius 3 is 1.93 bits per heavy atom. The highest BCUT2D eigenvalue weighted by Gasteiger charge is 2.19. The van der Waals surface area contributed by atoms with Crippen molar-refractivity contribution in [3.8, 4) is 5.75 Å². The molecule has 0 aliphatic rings. The van der Waals surface area contributed by atoms with E-state index in [4.69, 9.17) is 18.5 Å². The minimum atomic E-state index is -2.02. The second kappa shape index (κ2) is 26.6. The Labute approximate surface area is 246 Å². The maximum Gasteiger partial charge on any atom is 0.330 e. The highest BCUT2D eigenvalue weighted by atomic mass is 31.2. The van der Waals surface area contributed by atoms with Gasteiger partial charge in [0.25, 0.3) is 0 Å². The van der Waals surface area contributed by atoms with Gasteiger partial charge in [-0.15, -0.1) is 0 Å². The molecule has 2 atom stereocenters. The molecule has 8 heteroatoms. The van der Waals surface area contributed by atoms with Gasteiger partial charge in [-0.3, -0.25) is 4.79 Å². The van der Waals surface area contributed by atoms with E-state index in [1.54, 1.807) is 7.05 Å². The first kappa shape index (κ1) is 36.8. The predicted molar refractivity (Wildman–Crippen MR) is 166 cm³/mol. The number of hydrogen-bond donors (Lipinski definition) is 2. The van der Waals surface area contributed by atoms with E-state index in [2.05, 4.69) is 12.2 Å². The average molecular weight is 584 g/mol. The van der Waals surface area contributed by atoms with Gasteiger partial charge in [-0.05, 0) is 25.1 Å². The Kier molecular flexibility index (Phi) is 24.5. The summed E-state index contributed by atoms with van der Waals surface area (Å²) in [6.45, 7) is 5.33. The highest BCUT2D eigenvalue weighted by Crippen LogP contribution is 2.33. The topological polar surface area (TPSA) is 86.2 Å². The Hall–Kier alpha value is -1.24. The van der Waals surface area contributed by atoms with Crippen molar-refractivity contribution in [3.63, 3.8) is 0 Å². The van der Waals surface area contributed by atoms with Crippen LogP contribution < -0.4 is 10.1 Å². The summed E-state index contributed by atoms with van der Waals surface area (Å²) in [7, 11) is -0.215. The van der Waals surface area contributed by atoms with Crippen LogP contribution in [0, 0.1) is 0 Å². The van der Waals surface area contributed by atoms with Crippen molar-refractivity contribution in [2.24, 2.45) is 0 Å². The number of rotatable bonds is 28. The number of benzene rings is 1. The zero-order valence-electron chi connectivity index (χ0n) is 25.7. The van der Waals surface area contributed by atoms with Crippen molar-refractivity contribution in [1.82, 2.24) is 5.32 Å². The number of likely N-dealkylation sites (N-methyl/N-ethyl adjacent to an activating group) is 1. The van der Waals surface area contributed by atoms with Crippen LogP contribution in [0.2, 0.25) is 0 Å². The highest BCUT2D eigenvalue weighted by molar-refractivity contribution is 7.40. The van der Waals surface area contributed by atoms with Crippen LogP contribution in [-0.2, 0) is 25.0 Å². The summed E-state index contributed by atoms with van der Waals surface area (Å²) in [5, 5.41) is 2.94. The normalized spacial score (nSPS) is 12.8. The Bertz CT molecular complexity index is 722. The van der Waals surface area contributed by atoms with Gasteiger partial charge in [0.05, 0.1) is 19.8 Å². The average Bonchev–Trinajstić information content (AvgIpc) is 2.94. The second-order valence-corrected chi connectivity index (χ2v) is 11.7. The van der Waals surface area contributed by atoms with Crippen LogP contribution in [0.3, 0.4) is 0 Å². The maximum atomic E-state index is 11.6. The molecule has 7 nitrogen and oxygen atoms in total. The lowest BCUT2D eigenvalue weighted by Crippen LogP contribution is -2.24. The number of para-hydroxylation sites is 1. The molecule has 0 spiro atoms. The van der Waals surface area contributed by atoms with Crippen LogP contribution in [0.15, 0.2) is 24.3 Å². The van der Waals surface area contributed by atoms with E-state index in [1.165, 1.54) is 103 Å². The van der Waals surface area contributed by atoms with E-state index in [1.807, 2.05) is 24.3 Å². The van der Waals surface area contributed by atoms with Gasteiger partial charge in [0, 0.05) is 19.9 Å². The van der Waals surface area contributed by atoms with Gasteiger partial charge in [0.1, 0.15) is 11.9 Å². The fourth-order valence-corrected chi connectivity index (χ4v) is 5.29. The van der Waals surface area contributed by atoms with Gasteiger partial charge in [-0.2, -0.15) is 0 Å². The lowest BCUT2D eigenvalue weighted by atomic mass is 10.0. The molecular weight excluding hydrogens is 525 g/mol. The number of carbonyl (C=O) groups excluding carboxylic acids is 1. The van der Waals surface area contributed by atoms with Crippen LogP contribution >= 0.6 is 8.60 Å². The second-order valence-electron chi connectivity index (χ2n) is 10.7. The van der Waals surface area contributed by atoms with Gasteiger partial charge in [0.2, 0.25) is 0 Å². The fourth-order valence-electron chi connectivity index (χ4n) is 4.67. The van der Waals surface area contributed by atoms with E-state index in [-0.39, 0.29) is 6.61 Å². The molecule has 0 saturated carbocycles. The van der Waals surface area contributed by atoms with Crippen molar-refractivity contribution in [2.45, 2.75) is 129 Å². The molecule has 0 bridgehead atoms. The first-order valence-corrected chi connectivity index (χ1v) is 17.0. The summed E-state index contributed by atoms with van der Waals surface area (Å²) < 4.78 is 22.2. The summed E-state index contributed by atoms with van der Waals surface area (Å²) >= 11 is 0. The number of hydrogen-bond acceptors (Lipinski definition) is 7. The first-order valence-electron chi connectivity index (χ1n) is 15.8. The number of carbonyl (C=O) groups is 1. The molecule has 0 aromatic heterocycles. The van der Waals surface area contributed by atoms with E-state index in [0.29, 0.717) is 26.2 Å². The zero-order valence-corrected chi connectivity index (χ0v) is 26.6. The third kappa shape index (κ3) is 21.5. The van der Waals surface area contributed by atoms with Crippen molar-refractivity contribution < 1.29 is 28.2 Å². The van der Waals surface area contributed by atoms with Crippen LogP contribution in [0.5, 0.6) is 5.75 Å². The van der Waals surface area contributed by atoms with Gasteiger partial charge in [0.15, 0.2) is 0 Å². The Morgan fingerprint density at radius 2 is 1.38 bits per heavy atom. The molecule has 2 unspecified atom stereocenters. The molecule has 0 radical (unpaired) electrons. The summed E-state index contributed by atoms with van der Waals surface area (Å²) in [6.07, 6.45) is 21.5. The van der Waals surface area contributed by atoms with Gasteiger partial charge in [-0.25, -0.2) is 0 Å². The largest absolute Gasteiger partial charge is 0.493 e. The molecule has 0 heterocycles. The third-order valence-electron chi connectivity index (χ3n) is 6.93. The number of ether oxygens (including phenoxy) is 2. The molecule has 40 heavy (non-hydrogen) atoms.